The van der Waals surface area contributed by atoms with Gasteiger partial charge in [0.2, 0.25) is 0 Å². The molecule has 1 nitrogen and oxygen atoms in total. The average Bonchev–Trinajstić information content (AvgIpc) is 1.86. The van der Waals surface area contributed by atoms with Gasteiger partial charge in [0.1, 0.15) is 6.20 Å². The van der Waals surface area contributed by atoms with Crippen molar-refractivity contribution in [3.8, 4) is 0 Å². The second kappa shape index (κ2) is 2.48. The smallest absolute Gasteiger partial charge is 0.251 e. The maximum atomic E-state index is 12.2. The average molecular weight is 164 g/mol. The molecule has 5 heteroatoms. The molecule has 0 atom stereocenters. The summed E-state index contributed by atoms with van der Waals surface area (Å²) in [7, 11) is 0. The van der Waals surface area contributed by atoms with Crippen molar-refractivity contribution in [3.63, 3.8) is 0 Å². The number of hydrogen-bond donors (Lipinski definition) is 0. The van der Waals surface area contributed by atoms with Gasteiger partial charge < -0.3 is 0 Å². The van der Waals surface area contributed by atoms with Crippen molar-refractivity contribution in [2.24, 2.45) is 0 Å². The molecule has 11 heavy (non-hydrogen) atoms. The Morgan fingerprint density at radius 2 is 2.00 bits per heavy atom. The minimum Gasteiger partial charge on any atom is -0.251 e. The van der Waals surface area contributed by atoms with E-state index in [1.165, 1.54) is 0 Å². The van der Waals surface area contributed by atoms with Crippen LogP contribution in [0.1, 0.15) is 5.56 Å². The Kier molecular flexibility index (Phi) is 1.80. The van der Waals surface area contributed by atoms with Crippen molar-refractivity contribution in [1.29, 1.82) is 0 Å². The molecule has 0 amide bonds. The molecule has 0 aromatic carbocycles. The van der Waals surface area contributed by atoms with Crippen LogP contribution in [0.3, 0.4) is 0 Å². The molecule has 0 N–H and O–H groups in total. The van der Waals surface area contributed by atoms with Crippen molar-refractivity contribution in [3.05, 3.63) is 29.8 Å². The van der Waals surface area contributed by atoms with Gasteiger partial charge >= 0.3 is 6.18 Å². The quantitative estimate of drug-likeness (QED) is 0.534. The summed E-state index contributed by atoms with van der Waals surface area (Å²) in [6.07, 6.45) is -2.25. The lowest BCUT2D eigenvalue weighted by Crippen LogP contribution is -2.07. The van der Waals surface area contributed by atoms with Crippen LogP contribution >= 0.6 is 0 Å². The fourth-order valence-electron chi connectivity index (χ4n) is 0.558. The van der Waals surface area contributed by atoms with Crippen molar-refractivity contribution >= 4 is 0 Å². The maximum Gasteiger partial charge on any atom is 0.419 e. The molecule has 0 aliphatic rings. The highest BCUT2D eigenvalue weighted by atomic mass is 19.4. The van der Waals surface area contributed by atoms with E-state index in [1.54, 1.807) is 6.20 Å². The van der Waals surface area contributed by atoms with E-state index in [1.807, 2.05) is 0 Å². The summed E-state index contributed by atoms with van der Waals surface area (Å²) in [5.41, 5.74) is -1.34. The molecular weight excluding hydrogens is 162 g/mol. The number of hydrogen-bond acceptors (Lipinski definition) is 1. The van der Waals surface area contributed by atoms with Gasteiger partial charge in [-0.3, -0.25) is 4.98 Å². The molecule has 1 aromatic heterocycles. The fourth-order valence-corrected chi connectivity index (χ4v) is 0.558. The molecule has 59 valence electrons. The molecule has 1 heterocycles. The number of halogens is 4. The van der Waals surface area contributed by atoms with Gasteiger partial charge in [0, 0.05) is 6.20 Å². The number of pyridine rings is 1. The van der Waals surface area contributed by atoms with Gasteiger partial charge in [-0.2, -0.15) is 13.2 Å². The van der Waals surface area contributed by atoms with E-state index in [-0.39, 0.29) is 0 Å². The summed E-state index contributed by atoms with van der Waals surface area (Å²) in [5, 5.41) is 0. The topological polar surface area (TPSA) is 12.9 Å². The molecule has 0 spiro atoms. The summed E-state index contributed by atoms with van der Waals surface area (Å²) in [6, 6.07) is 0.561. The van der Waals surface area contributed by atoms with Crippen LogP contribution in [0.25, 0.3) is 0 Å². The largest absolute Gasteiger partial charge is 0.419 e. The maximum absolute atomic E-state index is 12.2. The Bertz CT molecular complexity index is 255. The summed E-state index contributed by atoms with van der Waals surface area (Å²) >= 11 is 0. The van der Waals surface area contributed by atoms with E-state index in [4.69, 9.17) is 0 Å². The number of nitrogens with zero attached hydrogens (tertiary/aromatic N) is 1. The van der Waals surface area contributed by atoms with Crippen LogP contribution in [-0.2, 0) is 6.18 Å². The Morgan fingerprint density at radius 3 is 2.36 bits per heavy atom. The van der Waals surface area contributed by atoms with Gasteiger partial charge in [0.15, 0.2) is 5.82 Å². The molecule has 0 aliphatic carbocycles. The molecule has 1 rings (SSSR count). The molecule has 1 radical (unpaired) electrons. The lowest BCUT2D eigenvalue weighted by molar-refractivity contribution is -0.140. The monoisotopic (exact) mass is 164 g/mol. The van der Waals surface area contributed by atoms with Crippen molar-refractivity contribution in [2.45, 2.75) is 6.18 Å². The molecule has 0 saturated carbocycles. The van der Waals surface area contributed by atoms with E-state index in [2.05, 4.69) is 4.98 Å². The van der Waals surface area contributed by atoms with Gasteiger partial charge in [-0.1, -0.05) is 0 Å². The minimum absolute atomic E-state index is 0.561. The van der Waals surface area contributed by atoms with Crippen LogP contribution in [0.15, 0.2) is 12.3 Å². The van der Waals surface area contributed by atoms with Gasteiger partial charge in [0.05, 0.1) is 5.56 Å². The van der Waals surface area contributed by atoms with E-state index in [9.17, 15) is 17.6 Å². The summed E-state index contributed by atoms with van der Waals surface area (Å²) in [4.78, 5) is 3.06. The van der Waals surface area contributed by atoms with Gasteiger partial charge in [-0.05, 0) is 6.07 Å². The third-order valence-electron chi connectivity index (χ3n) is 1.02. The van der Waals surface area contributed by atoms with E-state index in [0.717, 1.165) is 6.20 Å². The normalized spacial score (nSPS) is 11.6. The summed E-state index contributed by atoms with van der Waals surface area (Å²) in [6.45, 7) is 0. The van der Waals surface area contributed by atoms with Gasteiger partial charge in [-0.25, -0.2) is 4.39 Å². The first-order chi connectivity index (χ1) is 5.02. The van der Waals surface area contributed by atoms with Crippen molar-refractivity contribution in [2.75, 3.05) is 0 Å². The van der Waals surface area contributed by atoms with Crippen LogP contribution in [-0.4, -0.2) is 4.98 Å². The summed E-state index contributed by atoms with van der Waals surface area (Å²) in [5.74, 6) is -1.47. The molecule has 0 aliphatic heterocycles. The number of rotatable bonds is 0. The van der Waals surface area contributed by atoms with Crippen LogP contribution < -0.4 is 0 Å². The second-order valence-electron chi connectivity index (χ2n) is 1.78. The highest BCUT2D eigenvalue weighted by Gasteiger charge is 2.33. The predicted molar refractivity (Wildman–Crippen MR) is 28.0 cm³/mol. The number of aromatic nitrogens is 1. The highest BCUT2D eigenvalue weighted by molar-refractivity contribution is 5.15. The second-order valence-corrected chi connectivity index (χ2v) is 1.78. The first-order valence-corrected chi connectivity index (χ1v) is 2.61. The molecular formula is C6H2F4N. The van der Waals surface area contributed by atoms with Crippen LogP contribution in [0.5, 0.6) is 0 Å². The molecule has 0 saturated heterocycles. The third kappa shape index (κ3) is 1.66. The minimum atomic E-state index is -4.66. The SMILES string of the molecule is Fc1[c]nccc1C(F)(F)F. The lowest BCUT2D eigenvalue weighted by Gasteiger charge is -2.05. The molecule has 0 fully saturated rings. The van der Waals surface area contributed by atoms with Crippen molar-refractivity contribution in [1.82, 2.24) is 4.98 Å². The van der Waals surface area contributed by atoms with E-state index < -0.39 is 17.6 Å². The van der Waals surface area contributed by atoms with Gasteiger partial charge in [0.25, 0.3) is 0 Å². The Hall–Kier alpha value is -1.13. The Labute approximate surface area is 59.7 Å². The first-order valence-electron chi connectivity index (χ1n) is 2.61. The summed E-state index contributed by atoms with van der Waals surface area (Å²) < 4.78 is 47.5. The van der Waals surface area contributed by atoms with Crippen LogP contribution in [0, 0.1) is 12.0 Å². The van der Waals surface area contributed by atoms with Crippen LogP contribution in [0.4, 0.5) is 17.6 Å². The fraction of sp³-hybridized carbons (Fsp3) is 0.167. The molecule has 0 bridgehead atoms. The predicted octanol–water partition coefficient (Wildman–Crippen LogP) is 2.04. The van der Waals surface area contributed by atoms with Gasteiger partial charge in [-0.15, -0.1) is 0 Å². The van der Waals surface area contributed by atoms with E-state index >= 15 is 0 Å². The highest BCUT2D eigenvalue weighted by Crippen LogP contribution is 2.30. The zero-order valence-electron chi connectivity index (χ0n) is 5.11. The third-order valence-corrected chi connectivity index (χ3v) is 1.02. The van der Waals surface area contributed by atoms with Crippen LogP contribution in [0.2, 0.25) is 0 Å². The molecule has 0 unspecified atom stereocenters. The lowest BCUT2D eigenvalue weighted by atomic mass is 10.2. The van der Waals surface area contributed by atoms with Crippen molar-refractivity contribution < 1.29 is 17.6 Å². The zero-order chi connectivity index (χ0) is 8.48. The number of alkyl halides is 3. The Balaban J connectivity index is 3.14. The molecule has 1 aromatic rings. The van der Waals surface area contributed by atoms with E-state index in [0.29, 0.717) is 6.07 Å². The zero-order valence-corrected chi connectivity index (χ0v) is 5.11. The standard InChI is InChI=1S/C6H2F4N/c7-5-3-11-2-1-4(5)6(8,9)10/h1-2H. The Morgan fingerprint density at radius 1 is 1.36 bits per heavy atom. The first kappa shape index (κ1) is 7.97.